The standard InChI is InChI=1S/C17H18ClNO/c1-11-7-8-13(9-15(11)18)19-17-12(2)10-20-16-6-4-3-5-14(16)17/h3-9,12,17,19H,10H2,1-2H3. The molecule has 20 heavy (non-hydrogen) atoms. The zero-order chi connectivity index (χ0) is 14.1. The predicted octanol–water partition coefficient (Wildman–Crippen LogP) is 4.83. The van der Waals surface area contributed by atoms with Gasteiger partial charge in [-0.3, -0.25) is 0 Å². The highest BCUT2D eigenvalue weighted by Gasteiger charge is 2.27. The molecule has 0 aromatic heterocycles. The van der Waals surface area contributed by atoms with Crippen LogP contribution in [0, 0.1) is 12.8 Å². The van der Waals surface area contributed by atoms with Gasteiger partial charge in [0.25, 0.3) is 0 Å². The highest BCUT2D eigenvalue weighted by Crippen LogP contribution is 2.37. The van der Waals surface area contributed by atoms with Crippen LogP contribution in [0.15, 0.2) is 42.5 Å². The van der Waals surface area contributed by atoms with Gasteiger partial charge in [-0.25, -0.2) is 0 Å². The topological polar surface area (TPSA) is 21.3 Å². The van der Waals surface area contributed by atoms with E-state index < -0.39 is 0 Å². The third-order valence-corrected chi connectivity index (χ3v) is 4.23. The molecule has 2 atom stereocenters. The molecule has 2 unspecified atom stereocenters. The molecule has 1 N–H and O–H groups in total. The van der Waals surface area contributed by atoms with Crippen LogP contribution in [0.4, 0.5) is 5.69 Å². The fourth-order valence-electron chi connectivity index (χ4n) is 2.58. The van der Waals surface area contributed by atoms with Crippen molar-refractivity contribution in [2.24, 2.45) is 5.92 Å². The van der Waals surface area contributed by atoms with Crippen molar-refractivity contribution in [3.63, 3.8) is 0 Å². The van der Waals surface area contributed by atoms with Gasteiger partial charge in [0.2, 0.25) is 0 Å². The van der Waals surface area contributed by atoms with Crippen molar-refractivity contribution in [3.05, 3.63) is 58.6 Å². The minimum Gasteiger partial charge on any atom is -0.493 e. The van der Waals surface area contributed by atoms with Gasteiger partial charge < -0.3 is 10.1 Å². The molecule has 1 aliphatic heterocycles. The molecule has 2 aromatic carbocycles. The third-order valence-electron chi connectivity index (χ3n) is 3.82. The molecule has 1 heterocycles. The van der Waals surface area contributed by atoms with Crippen LogP contribution in [-0.2, 0) is 0 Å². The van der Waals surface area contributed by atoms with E-state index in [1.807, 2.05) is 31.2 Å². The van der Waals surface area contributed by atoms with Crippen molar-refractivity contribution in [2.45, 2.75) is 19.9 Å². The Kier molecular flexibility index (Phi) is 3.58. The lowest BCUT2D eigenvalue weighted by Gasteiger charge is -2.32. The Balaban J connectivity index is 1.91. The lowest BCUT2D eigenvalue weighted by Crippen LogP contribution is -2.28. The third kappa shape index (κ3) is 2.48. The molecule has 1 aliphatic rings. The number of hydrogen-bond donors (Lipinski definition) is 1. The monoisotopic (exact) mass is 287 g/mol. The smallest absolute Gasteiger partial charge is 0.124 e. The van der Waals surface area contributed by atoms with Crippen molar-refractivity contribution in [1.82, 2.24) is 0 Å². The maximum absolute atomic E-state index is 6.20. The number of anilines is 1. The summed E-state index contributed by atoms with van der Waals surface area (Å²) in [5.41, 5.74) is 3.36. The number of ether oxygens (including phenoxy) is 1. The maximum Gasteiger partial charge on any atom is 0.124 e. The minimum atomic E-state index is 0.249. The van der Waals surface area contributed by atoms with Crippen LogP contribution in [-0.4, -0.2) is 6.61 Å². The molecule has 0 amide bonds. The number of fused-ring (bicyclic) bond motifs is 1. The number of halogens is 1. The zero-order valence-corrected chi connectivity index (χ0v) is 12.4. The molecule has 0 bridgehead atoms. The second-order valence-electron chi connectivity index (χ2n) is 5.41. The quantitative estimate of drug-likeness (QED) is 0.854. The van der Waals surface area contributed by atoms with E-state index in [9.17, 15) is 0 Å². The Morgan fingerprint density at radius 3 is 2.80 bits per heavy atom. The zero-order valence-electron chi connectivity index (χ0n) is 11.7. The number of nitrogens with one attached hydrogen (secondary N) is 1. The van der Waals surface area contributed by atoms with Crippen LogP contribution < -0.4 is 10.1 Å². The molecule has 0 saturated carbocycles. The summed E-state index contributed by atoms with van der Waals surface area (Å²) < 4.78 is 5.78. The highest BCUT2D eigenvalue weighted by atomic mass is 35.5. The predicted molar refractivity (Wildman–Crippen MR) is 83.7 cm³/mol. The summed E-state index contributed by atoms with van der Waals surface area (Å²) >= 11 is 6.20. The molecule has 3 rings (SSSR count). The van der Waals surface area contributed by atoms with Crippen LogP contribution in [0.1, 0.15) is 24.1 Å². The molecular weight excluding hydrogens is 270 g/mol. The van der Waals surface area contributed by atoms with E-state index in [2.05, 4.69) is 30.4 Å². The van der Waals surface area contributed by atoms with E-state index in [1.165, 1.54) is 5.56 Å². The Bertz CT molecular complexity index is 626. The van der Waals surface area contributed by atoms with Crippen molar-refractivity contribution in [2.75, 3.05) is 11.9 Å². The van der Waals surface area contributed by atoms with Crippen molar-refractivity contribution in [3.8, 4) is 5.75 Å². The second kappa shape index (κ2) is 5.37. The van der Waals surface area contributed by atoms with E-state index >= 15 is 0 Å². The van der Waals surface area contributed by atoms with Gasteiger partial charge in [0, 0.05) is 22.2 Å². The van der Waals surface area contributed by atoms with E-state index in [0.29, 0.717) is 5.92 Å². The van der Waals surface area contributed by atoms with Crippen LogP contribution in [0.5, 0.6) is 5.75 Å². The second-order valence-corrected chi connectivity index (χ2v) is 5.82. The summed E-state index contributed by atoms with van der Waals surface area (Å²) in [7, 11) is 0. The number of aryl methyl sites for hydroxylation is 1. The van der Waals surface area contributed by atoms with Gasteiger partial charge in [-0.05, 0) is 30.7 Å². The first kappa shape index (κ1) is 13.3. The summed E-state index contributed by atoms with van der Waals surface area (Å²) in [6.45, 7) is 4.94. The van der Waals surface area contributed by atoms with E-state index in [4.69, 9.17) is 16.3 Å². The Labute approximate surface area is 124 Å². The lowest BCUT2D eigenvalue weighted by molar-refractivity contribution is 0.214. The van der Waals surface area contributed by atoms with Crippen molar-refractivity contribution in [1.29, 1.82) is 0 Å². The van der Waals surface area contributed by atoms with Gasteiger partial charge in [0.05, 0.1) is 12.6 Å². The fourth-order valence-corrected chi connectivity index (χ4v) is 2.76. The summed E-state index contributed by atoms with van der Waals surface area (Å²) in [4.78, 5) is 0. The molecule has 0 fully saturated rings. The largest absolute Gasteiger partial charge is 0.493 e. The fraction of sp³-hybridized carbons (Fsp3) is 0.294. The molecule has 0 aliphatic carbocycles. The molecule has 104 valence electrons. The first-order chi connectivity index (χ1) is 9.65. The van der Waals surface area contributed by atoms with Crippen LogP contribution in [0.2, 0.25) is 5.02 Å². The van der Waals surface area contributed by atoms with Crippen LogP contribution >= 0.6 is 11.6 Å². The SMILES string of the molecule is Cc1ccc(NC2c3ccccc3OCC2C)cc1Cl. The van der Waals surface area contributed by atoms with Gasteiger partial charge in [-0.2, -0.15) is 0 Å². The number of rotatable bonds is 2. The van der Waals surface area contributed by atoms with E-state index in [1.54, 1.807) is 0 Å². The van der Waals surface area contributed by atoms with Gasteiger partial charge in [0.1, 0.15) is 5.75 Å². The normalized spacial score (nSPS) is 20.9. The first-order valence-electron chi connectivity index (χ1n) is 6.89. The molecular formula is C17H18ClNO. The average molecular weight is 288 g/mol. The summed E-state index contributed by atoms with van der Waals surface area (Å²) in [5, 5.41) is 4.38. The van der Waals surface area contributed by atoms with Crippen LogP contribution in [0.3, 0.4) is 0 Å². The number of benzene rings is 2. The van der Waals surface area contributed by atoms with E-state index in [0.717, 1.165) is 28.6 Å². The average Bonchev–Trinajstić information content (AvgIpc) is 2.46. The molecule has 0 radical (unpaired) electrons. The number of para-hydroxylation sites is 1. The Morgan fingerprint density at radius 1 is 1.20 bits per heavy atom. The first-order valence-corrected chi connectivity index (χ1v) is 7.27. The van der Waals surface area contributed by atoms with Gasteiger partial charge >= 0.3 is 0 Å². The summed E-state index contributed by atoms with van der Waals surface area (Å²) in [5.74, 6) is 1.38. The van der Waals surface area contributed by atoms with E-state index in [-0.39, 0.29) is 6.04 Å². The molecule has 3 heteroatoms. The maximum atomic E-state index is 6.20. The molecule has 2 nitrogen and oxygen atoms in total. The van der Waals surface area contributed by atoms with Gasteiger partial charge in [0.15, 0.2) is 0 Å². The molecule has 2 aromatic rings. The molecule has 0 saturated heterocycles. The van der Waals surface area contributed by atoms with Gasteiger partial charge in [-0.1, -0.05) is 42.8 Å². The summed E-state index contributed by atoms with van der Waals surface area (Å²) in [6.07, 6.45) is 0. The minimum absolute atomic E-state index is 0.249. The van der Waals surface area contributed by atoms with Crippen molar-refractivity contribution >= 4 is 17.3 Å². The summed E-state index contributed by atoms with van der Waals surface area (Å²) in [6, 6.07) is 14.6. The Hall–Kier alpha value is -1.67. The molecule has 0 spiro atoms. The number of hydrogen-bond acceptors (Lipinski definition) is 2. The highest BCUT2D eigenvalue weighted by molar-refractivity contribution is 6.31. The van der Waals surface area contributed by atoms with Crippen LogP contribution in [0.25, 0.3) is 0 Å². The van der Waals surface area contributed by atoms with Crippen molar-refractivity contribution < 1.29 is 4.74 Å². The lowest BCUT2D eigenvalue weighted by atomic mass is 9.92. The Morgan fingerprint density at radius 2 is 2.00 bits per heavy atom. The van der Waals surface area contributed by atoms with Gasteiger partial charge in [-0.15, -0.1) is 0 Å².